The van der Waals surface area contributed by atoms with Crippen LogP contribution in [0.4, 0.5) is 15.0 Å². The van der Waals surface area contributed by atoms with Crippen molar-refractivity contribution < 1.29 is 18.8 Å². The predicted molar refractivity (Wildman–Crippen MR) is 95.6 cm³/mol. The van der Waals surface area contributed by atoms with Gasteiger partial charge in [-0.25, -0.2) is 9.18 Å². The first-order chi connectivity index (χ1) is 12.6. The highest BCUT2D eigenvalue weighted by Crippen LogP contribution is 2.31. The number of aryl methyl sites for hydroxylation is 1. The van der Waals surface area contributed by atoms with Crippen LogP contribution in [0.25, 0.3) is 0 Å². The fraction of sp³-hybridized carbons (Fsp3) is 0.294. The Morgan fingerprint density at radius 1 is 1.37 bits per heavy atom. The third-order valence-electron chi connectivity index (χ3n) is 4.48. The largest absolute Gasteiger partial charge is 0.325 e. The van der Waals surface area contributed by atoms with Crippen LogP contribution in [0.1, 0.15) is 12.5 Å². The monoisotopic (exact) mass is 393 g/mol. The van der Waals surface area contributed by atoms with Gasteiger partial charge in [-0.2, -0.15) is 5.10 Å². The van der Waals surface area contributed by atoms with Gasteiger partial charge in [0.05, 0.1) is 5.02 Å². The normalized spacial score (nSPS) is 19.4. The highest BCUT2D eigenvalue weighted by Gasteiger charge is 2.49. The number of urea groups is 1. The average molecular weight is 394 g/mol. The number of carbonyl (C=O) groups excluding carboxylic acids is 3. The molecule has 142 valence electrons. The van der Waals surface area contributed by atoms with Crippen LogP contribution in [-0.4, -0.2) is 46.1 Å². The quantitative estimate of drug-likeness (QED) is 0.800. The Hall–Kier alpha value is -2.94. The van der Waals surface area contributed by atoms with Crippen molar-refractivity contribution in [2.24, 2.45) is 7.05 Å². The number of halogens is 2. The molecule has 1 aromatic heterocycles. The predicted octanol–water partition coefficient (Wildman–Crippen LogP) is 1.64. The van der Waals surface area contributed by atoms with E-state index >= 15 is 0 Å². The summed E-state index contributed by atoms with van der Waals surface area (Å²) < 4.78 is 14.9. The fourth-order valence-electron chi connectivity index (χ4n) is 2.79. The zero-order valence-electron chi connectivity index (χ0n) is 14.9. The number of benzene rings is 1. The molecule has 1 atom stereocenters. The van der Waals surface area contributed by atoms with E-state index in [0.717, 1.165) is 11.0 Å². The molecule has 10 heteroatoms. The number of carbonyl (C=O) groups is 3. The Balaban J connectivity index is 1.81. The second kappa shape index (κ2) is 6.66. The molecule has 0 saturated carbocycles. The standard InChI is InChI=1S/C17H17ClFN5O3/c1-17(10-4-5-12(19)11(18)8-10)15(26)24(16(27)20-17)9-14(25)23(3)13-6-7-22(2)21-13/h4-8H,9H2,1-3H3,(H,20,27). The van der Waals surface area contributed by atoms with E-state index in [4.69, 9.17) is 11.6 Å². The van der Waals surface area contributed by atoms with Crippen LogP contribution in [-0.2, 0) is 22.2 Å². The lowest BCUT2D eigenvalue weighted by Crippen LogP contribution is -2.43. The number of nitrogens with zero attached hydrogens (tertiary/aromatic N) is 4. The van der Waals surface area contributed by atoms with Gasteiger partial charge in [-0.15, -0.1) is 0 Å². The summed E-state index contributed by atoms with van der Waals surface area (Å²) in [6.45, 7) is 1.02. The van der Waals surface area contributed by atoms with Crippen LogP contribution >= 0.6 is 11.6 Å². The molecular weight excluding hydrogens is 377 g/mol. The van der Waals surface area contributed by atoms with E-state index in [0.29, 0.717) is 11.4 Å². The lowest BCUT2D eigenvalue weighted by molar-refractivity contribution is -0.134. The Labute approximate surface area is 159 Å². The highest BCUT2D eigenvalue weighted by molar-refractivity contribution is 6.30. The molecule has 1 saturated heterocycles. The van der Waals surface area contributed by atoms with Crippen molar-refractivity contribution in [1.29, 1.82) is 0 Å². The van der Waals surface area contributed by atoms with Crippen molar-refractivity contribution in [3.63, 3.8) is 0 Å². The van der Waals surface area contributed by atoms with E-state index in [2.05, 4.69) is 10.4 Å². The number of nitrogens with one attached hydrogen (secondary N) is 1. The van der Waals surface area contributed by atoms with Crippen molar-refractivity contribution in [2.75, 3.05) is 18.5 Å². The molecule has 2 aromatic rings. The molecule has 4 amide bonds. The third kappa shape index (κ3) is 3.25. The summed E-state index contributed by atoms with van der Waals surface area (Å²) >= 11 is 5.79. The first-order valence-corrected chi connectivity index (χ1v) is 8.37. The van der Waals surface area contributed by atoms with E-state index in [1.165, 1.54) is 35.7 Å². The number of amides is 4. The molecule has 1 aliphatic rings. The number of aromatic nitrogens is 2. The van der Waals surface area contributed by atoms with E-state index < -0.39 is 35.7 Å². The molecule has 1 fully saturated rings. The maximum absolute atomic E-state index is 13.4. The maximum Gasteiger partial charge on any atom is 0.325 e. The summed E-state index contributed by atoms with van der Waals surface area (Å²) in [7, 11) is 3.21. The number of likely N-dealkylation sites (N-methyl/N-ethyl adjacent to an activating group) is 1. The van der Waals surface area contributed by atoms with E-state index in [9.17, 15) is 18.8 Å². The van der Waals surface area contributed by atoms with Crippen LogP contribution in [0.2, 0.25) is 5.02 Å². The number of anilines is 1. The Kier molecular flexibility index (Phi) is 4.64. The van der Waals surface area contributed by atoms with Gasteiger partial charge in [0.1, 0.15) is 17.9 Å². The maximum atomic E-state index is 13.4. The first-order valence-electron chi connectivity index (χ1n) is 7.99. The van der Waals surface area contributed by atoms with Gasteiger partial charge in [-0.05, 0) is 24.6 Å². The van der Waals surface area contributed by atoms with Gasteiger partial charge in [-0.3, -0.25) is 24.1 Å². The summed E-state index contributed by atoms with van der Waals surface area (Å²) in [5.74, 6) is -1.36. The zero-order valence-corrected chi connectivity index (χ0v) is 15.6. The molecule has 3 rings (SSSR count). The molecule has 0 spiro atoms. The number of rotatable bonds is 4. The molecule has 27 heavy (non-hydrogen) atoms. The molecule has 1 unspecified atom stereocenters. The highest BCUT2D eigenvalue weighted by atomic mass is 35.5. The Morgan fingerprint density at radius 2 is 2.07 bits per heavy atom. The van der Waals surface area contributed by atoms with Crippen molar-refractivity contribution in [1.82, 2.24) is 20.0 Å². The SMILES string of the molecule is CN(C(=O)CN1C(=O)NC(C)(c2ccc(F)c(Cl)c2)C1=O)c1ccn(C)n1. The van der Waals surface area contributed by atoms with Gasteiger partial charge in [0.15, 0.2) is 5.82 Å². The van der Waals surface area contributed by atoms with Gasteiger partial charge in [0.2, 0.25) is 5.91 Å². The van der Waals surface area contributed by atoms with Crippen LogP contribution in [0.15, 0.2) is 30.5 Å². The van der Waals surface area contributed by atoms with Crippen molar-refractivity contribution in [3.8, 4) is 0 Å². The summed E-state index contributed by atoms with van der Waals surface area (Å²) in [5, 5.41) is 6.49. The van der Waals surface area contributed by atoms with Crippen LogP contribution in [0.5, 0.6) is 0 Å². The van der Waals surface area contributed by atoms with Crippen molar-refractivity contribution in [2.45, 2.75) is 12.5 Å². The van der Waals surface area contributed by atoms with Crippen molar-refractivity contribution in [3.05, 3.63) is 46.9 Å². The van der Waals surface area contributed by atoms with Crippen molar-refractivity contribution >= 4 is 35.3 Å². The summed E-state index contributed by atoms with van der Waals surface area (Å²) in [6.07, 6.45) is 1.67. The number of hydrogen-bond acceptors (Lipinski definition) is 4. The van der Waals surface area contributed by atoms with Gasteiger partial charge >= 0.3 is 6.03 Å². The van der Waals surface area contributed by atoms with E-state index in [1.54, 1.807) is 19.3 Å². The molecular formula is C17H17ClFN5O3. The molecule has 8 nitrogen and oxygen atoms in total. The number of hydrogen-bond donors (Lipinski definition) is 1. The van der Waals surface area contributed by atoms with Crippen LogP contribution in [0.3, 0.4) is 0 Å². The molecule has 1 aromatic carbocycles. The summed E-state index contributed by atoms with van der Waals surface area (Å²) in [6, 6.07) is 4.68. The Bertz CT molecular complexity index is 946. The minimum atomic E-state index is -1.45. The third-order valence-corrected chi connectivity index (χ3v) is 4.77. The lowest BCUT2D eigenvalue weighted by Gasteiger charge is -2.23. The topological polar surface area (TPSA) is 87.5 Å². The second-order valence-electron chi connectivity index (χ2n) is 6.38. The molecule has 2 heterocycles. The van der Waals surface area contributed by atoms with E-state index in [-0.39, 0.29) is 5.02 Å². The zero-order chi connectivity index (χ0) is 19.9. The van der Waals surface area contributed by atoms with Gasteiger partial charge in [0.25, 0.3) is 5.91 Å². The second-order valence-corrected chi connectivity index (χ2v) is 6.78. The Morgan fingerprint density at radius 3 is 2.67 bits per heavy atom. The van der Waals surface area contributed by atoms with Gasteiger partial charge < -0.3 is 5.32 Å². The summed E-state index contributed by atoms with van der Waals surface area (Å²) in [5.41, 5.74) is -1.13. The summed E-state index contributed by atoms with van der Waals surface area (Å²) in [4.78, 5) is 39.7. The van der Waals surface area contributed by atoms with Gasteiger partial charge in [-0.1, -0.05) is 17.7 Å². The average Bonchev–Trinajstić information content (AvgIpc) is 3.14. The van der Waals surface area contributed by atoms with Crippen LogP contribution in [0, 0.1) is 5.82 Å². The first kappa shape index (κ1) is 18.8. The molecule has 1 aliphatic heterocycles. The minimum Gasteiger partial charge on any atom is -0.319 e. The molecule has 0 bridgehead atoms. The minimum absolute atomic E-state index is 0.166. The van der Waals surface area contributed by atoms with E-state index in [1.807, 2.05) is 0 Å². The van der Waals surface area contributed by atoms with Crippen LogP contribution < -0.4 is 10.2 Å². The molecule has 1 N–H and O–H groups in total. The molecule has 0 radical (unpaired) electrons. The molecule has 0 aliphatic carbocycles. The smallest absolute Gasteiger partial charge is 0.319 e. The number of imide groups is 1. The fourth-order valence-corrected chi connectivity index (χ4v) is 2.97. The lowest BCUT2D eigenvalue weighted by atomic mass is 9.92. The van der Waals surface area contributed by atoms with Gasteiger partial charge in [0, 0.05) is 26.4 Å².